The molecule has 0 saturated heterocycles. The molecule has 0 aromatic rings. The van der Waals surface area contributed by atoms with Crippen LogP contribution >= 0.6 is 0 Å². The quantitative estimate of drug-likeness (QED) is 0.224. The Balaban J connectivity index is 5.56. The smallest absolute Gasteiger partial charge is 0.345 e. The van der Waals surface area contributed by atoms with E-state index in [9.17, 15) is 29.1 Å². The molecule has 11 heteroatoms. The van der Waals surface area contributed by atoms with E-state index >= 15 is 0 Å². The summed E-state index contributed by atoms with van der Waals surface area (Å²) in [5.74, 6) is -11.4. The lowest BCUT2D eigenvalue weighted by Gasteiger charge is -2.27. The van der Waals surface area contributed by atoms with Gasteiger partial charge in [0, 0.05) is 0 Å². The molecular formula is C11H14O11. The minimum Gasteiger partial charge on any atom is -0.481 e. The summed E-state index contributed by atoms with van der Waals surface area (Å²) in [5.41, 5.74) is -3.35. The third-order valence-electron chi connectivity index (χ3n) is 2.56. The van der Waals surface area contributed by atoms with Crippen molar-refractivity contribution in [3.8, 4) is 0 Å². The fraction of sp³-hybridized carbons (Fsp3) is 0.545. The molecule has 0 aliphatic carbocycles. The van der Waals surface area contributed by atoms with Crippen LogP contribution in [-0.4, -0.2) is 73.5 Å². The van der Waals surface area contributed by atoms with E-state index in [4.69, 9.17) is 20.4 Å². The maximum atomic E-state index is 11.7. The Morgan fingerprint density at radius 2 is 1.59 bits per heavy atom. The van der Waals surface area contributed by atoms with Gasteiger partial charge in [0.1, 0.15) is 5.78 Å². The first-order chi connectivity index (χ1) is 9.97. The van der Waals surface area contributed by atoms with Gasteiger partial charge in [-0.2, -0.15) is 0 Å². The van der Waals surface area contributed by atoms with Crippen LogP contribution in [0.4, 0.5) is 0 Å². The summed E-state index contributed by atoms with van der Waals surface area (Å²) in [5, 5.41) is 44.7. The van der Waals surface area contributed by atoms with Gasteiger partial charge in [0.15, 0.2) is 17.6 Å². The molecule has 0 aliphatic heterocycles. The SMILES string of the molecule is CC(=O)C(C(=O)OC(=O)C(O)CO)C(O)(CC(=O)O)C(=O)O. The molecular weight excluding hydrogens is 308 g/mol. The number of Topliss-reactive ketones (excluding diaryl/α,β-unsaturated/α-hetero) is 1. The number of carboxylic acids is 2. The number of hydrogen-bond donors (Lipinski definition) is 5. The Bertz CT molecular complexity index is 496. The van der Waals surface area contributed by atoms with Gasteiger partial charge < -0.3 is 30.3 Å². The number of esters is 2. The second-order valence-electron chi connectivity index (χ2n) is 4.28. The van der Waals surface area contributed by atoms with Crippen molar-refractivity contribution in [2.45, 2.75) is 25.0 Å². The summed E-state index contributed by atoms with van der Waals surface area (Å²) in [7, 11) is 0. The predicted molar refractivity (Wildman–Crippen MR) is 63.2 cm³/mol. The van der Waals surface area contributed by atoms with E-state index in [-0.39, 0.29) is 0 Å². The highest BCUT2D eigenvalue weighted by Gasteiger charge is 2.53. The van der Waals surface area contributed by atoms with Crippen molar-refractivity contribution in [3.63, 3.8) is 0 Å². The van der Waals surface area contributed by atoms with Gasteiger partial charge in [0.2, 0.25) is 0 Å². The fourth-order valence-corrected chi connectivity index (χ4v) is 1.53. The number of ketones is 1. The van der Waals surface area contributed by atoms with Gasteiger partial charge in [-0.15, -0.1) is 0 Å². The number of carbonyl (C=O) groups excluding carboxylic acids is 3. The molecule has 0 radical (unpaired) electrons. The number of hydrogen-bond acceptors (Lipinski definition) is 9. The molecule has 0 aromatic carbocycles. The maximum Gasteiger partial charge on any atom is 0.345 e. The standard InChI is InChI=1S/C11H14O11/c1-4(13)7(9(18)22-8(17)5(14)3-12)11(21,10(19)20)2-6(15)16/h5,7,12,14,21H,2-3H2,1H3,(H,15,16)(H,19,20). The Kier molecular flexibility index (Phi) is 6.77. The van der Waals surface area contributed by atoms with Crippen molar-refractivity contribution < 1.29 is 54.2 Å². The van der Waals surface area contributed by atoms with Crippen LogP contribution in [0.2, 0.25) is 0 Å². The van der Waals surface area contributed by atoms with Crippen LogP contribution in [-0.2, 0) is 28.7 Å². The lowest BCUT2D eigenvalue weighted by molar-refractivity contribution is -0.186. The predicted octanol–water partition coefficient (Wildman–Crippen LogP) is -3.09. The van der Waals surface area contributed by atoms with E-state index in [0.29, 0.717) is 6.92 Å². The normalized spacial score (nSPS) is 16.0. The summed E-state index contributed by atoms with van der Waals surface area (Å²) in [6.07, 6.45) is -3.65. The number of aliphatic hydroxyl groups excluding tert-OH is 2. The molecule has 0 bridgehead atoms. The molecule has 0 fully saturated rings. The largest absolute Gasteiger partial charge is 0.481 e. The third-order valence-corrected chi connectivity index (χ3v) is 2.56. The zero-order chi connectivity index (χ0) is 17.7. The number of aliphatic carboxylic acids is 2. The average Bonchev–Trinajstić information content (AvgIpc) is 2.35. The molecule has 11 nitrogen and oxygen atoms in total. The highest BCUT2D eigenvalue weighted by Crippen LogP contribution is 2.25. The summed E-state index contributed by atoms with van der Waals surface area (Å²) in [6.45, 7) is -0.441. The van der Waals surface area contributed by atoms with Crippen LogP contribution in [0.3, 0.4) is 0 Å². The molecule has 0 spiro atoms. The van der Waals surface area contributed by atoms with Crippen LogP contribution in [0.15, 0.2) is 0 Å². The molecule has 3 atom stereocenters. The molecule has 5 N–H and O–H groups in total. The summed E-state index contributed by atoms with van der Waals surface area (Å²) in [4.78, 5) is 55.8. The second kappa shape index (κ2) is 7.59. The van der Waals surface area contributed by atoms with E-state index in [2.05, 4.69) is 4.74 Å². The number of carbonyl (C=O) groups is 5. The first kappa shape index (κ1) is 19.6. The van der Waals surface area contributed by atoms with Crippen molar-refractivity contribution in [1.82, 2.24) is 0 Å². The molecule has 22 heavy (non-hydrogen) atoms. The number of aliphatic hydroxyl groups is 3. The van der Waals surface area contributed by atoms with Crippen molar-refractivity contribution in [2.24, 2.45) is 5.92 Å². The molecule has 0 rings (SSSR count). The van der Waals surface area contributed by atoms with Crippen LogP contribution in [0.1, 0.15) is 13.3 Å². The molecule has 124 valence electrons. The van der Waals surface area contributed by atoms with Gasteiger partial charge in [-0.05, 0) is 6.92 Å². The van der Waals surface area contributed by atoms with E-state index in [1.165, 1.54) is 0 Å². The van der Waals surface area contributed by atoms with E-state index in [0.717, 1.165) is 0 Å². The topological polar surface area (TPSA) is 196 Å². The molecule has 3 unspecified atom stereocenters. The minimum atomic E-state index is -3.35. The van der Waals surface area contributed by atoms with Gasteiger partial charge in [0.25, 0.3) is 0 Å². The van der Waals surface area contributed by atoms with Gasteiger partial charge in [0.05, 0.1) is 13.0 Å². The van der Waals surface area contributed by atoms with Gasteiger partial charge >= 0.3 is 23.9 Å². The molecule has 0 aromatic heterocycles. The lowest BCUT2D eigenvalue weighted by Crippen LogP contribution is -2.54. The number of ether oxygens (including phenoxy) is 1. The van der Waals surface area contributed by atoms with E-state index in [1.807, 2.05) is 0 Å². The monoisotopic (exact) mass is 322 g/mol. The Morgan fingerprint density at radius 3 is 1.91 bits per heavy atom. The van der Waals surface area contributed by atoms with E-state index < -0.39 is 60.3 Å². The lowest BCUT2D eigenvalue weighted by atomic mass is 9.82. The maximum absolute atomic E-state index is 11.7. The Morgan fingerprint density at radius 1 is 1.09 bits per heavy atom. The van der Waals surface area contributed by atoms with Gasteiger partial charge in [-0.25, -0.2) is 9.59 Å². The first-order valence-corrected chi connectivity index (χ1v) is 5.69. The summed E-state index contributed by atoms with van der Waals surface area (Å²) in [6, 6.07) is 0. The highest BCUT2D eigenvalue weighted by atomic mass is 16.6. The van der Waals surface area contributed by atoms with Gasteiger partial charge in [-0.1, -0.05) is 0 Å². The first-order valence-electron chi connectivity index (χ1n) is 5.69. The second-order valence-corrected chi connectivity index (χ2v) is 4.28. The fourth-order valence-electron chi connectivity index (χ4n) is 1.53. The Hall–Kier alpha value is -2.37. The van der Waals surface area contributed by atoms with Crippen molar-refractivity contribution in [1.29, 1.82) is 0 Å². The minimum absolute atomic E-state index is 0.675. The summed E-state index contributed by atoms with van der Waals surface area (Å²) >= 11 is 0. The molecule has 0 amide bonds. The third kappa shape index (κ3) is 4.58. The highest BCUT2D eigenvalue weighted by molar-refractivity contribution is 6.07. The van der Waals surface area contributed by atoms with Crippen LogP contribution in [0, 0.1) is 5.92 Å². The number of carboxylic acid groups (broad SMARTS) is 2. The number of rotatable bonds is 8. The molecule has 0 saturated carbocycles. The average molecular weight is 322 g/mol. The van der Waals surface area contributed by atoms with Gasteiger partial charge in [-0.3, -0.25) is 14.4 Å². The van der Waals surface area contributed by atoms with Crippen molar-refractivity contribution >= 4 is 29.7 Å². The molecule has 0 heterocycles. The van der Waals surface area contributed by atoms with Crippen molar-refractivity contribution in [3.05, 3.63) is 0 Å². The summed E-state index contributed by atoms with van der Waals surface area (Å²) < 4.78 is 3.98. The molecule has 0 aliphatic rings. The van der Waals surface area contributed by atoms with Crippen LogP contribution in [0.25, 0.3) is 0 Å². The van der Waals surface area contributed by atoms with Crippen LogP contribution < -0.4 is 0 Å². The Labute approximate surface area is 122 Å². The van der Waals surface area contributed by atoms with Crippen LogP contribution in [0.5, 0.6) is 0 Å². The van der Waals surface area contributed by atoms with Crippen molar-refractivity contribution in [2.75, 3.05) is 6.61 Å². The zero-order valence-electron chi connectivity index (χ0n) is 11.3. The van der Waals surface area contributed by atoms with E-state index in [1.54, 1.807) is 0 Å². The zero-order valence-corrected chi connectivity index (χ0v) is 11.3.